The number of nitrogens with zero attached hydrogens (tertiary/aromatic N) is 8. The van der Waals surface area contributed by atoms with Crippen molar-refractivity contribution in [2.75, 3.05) is 0 Å². The molecule has 0 aliphatic carbocycles. The van der Waals surface area contributed by atoms with Gasteiger partial charge in [0.05, 0.1) is 45.6 Å². The van der Waals surface area contributed by atoms with Gasteiger partial charge < -0.3 is 36.7 Å². The zero-order valence-corrected chi connectivity index (χ0v) is 32.3. The van der Waals surface area contributed by atoms with Gasteiger partial charge in [-0.3, -0.25) is 18.7 Å². The summed E-state index contributed by atoms with van der Waals surface area (Å²) in [4.78, 5) is 34.8. The van der Waals surface area contributed by atoms with Crippen molar-refractivity contribution in [3.63, 3.8) is 0 Å². The third-order valence-corrected chi connectivity index (χ3v) is 8.05. The summed E-state index contributed by atoms with van der Waals surface area (Å²) in [5.41, 5.74) is 11.9. The molecular weight excluding hydrogens is 976 g/mol. The predicted octanol–water partition coefficient (Wildman–Crippen LogP) is 4.65. The largest absolute Gasteiger partial charge is 2.00 e. The van der Waals surface area contributed by atoms with Gasteiger partial charge >= 0.3 is 17.1 Å². The molecule has 0 bridgehead atoms. The minimum absolute atomic E-state index is 0. The van der Waals surface area contributed by atoms with Crippen LogP contribution in [0, 0.1) is 18.8 Å². The van der Waals surface area contributed by atoms with Gasteiger partial charge in [-0.05, 0) is 140 Å². The molecule has 0 saturated carbocycles. The number of fused-ring (bicyclic) bond motifs is 2. The molecule has 0 aliphatic heterocycles. The minimum Gasteiger partial charge on any atom is -0.741 e. The van der Waals surface area contributed by atoms with Crippen LogP contribution in [0.15, 0.2) is 115 Å². The second-order valence-electron chi connectivity index (χ2n) is 9.86. The molecule has 0 aliphatic rings. The number of hydrogen-bond donors (Lipinski definition) is 2. The first kappa shape index (κ1) is 39.5. The SMILES string of the molecule is N/C([S-])=N/N=C/c1nc2ccc(I)cc2c(=O)n1-c1ccc(F)cc1.N/C([S-])=N/N=C/c1nc2ccc(I)cc2c(=O)n1-c1ccc(F)cc1.[Cu+2]. The van der Waals surface area contributed by atoms with Gasteiger partial charge in [-0.25, -0.2) is 18.7 Å². The van der Waals surface area contributed by atoms with Gasteiger partial charge in [0.25, 0.3) is 11.1 Å². The summed E-state index contributed by atoms with van der Waals surface area (Å²) in [5.74, 6) is -0.354. The van der Waals surface area contributed by atoms with Crippen LogP contribution in [0.4, 0.5) is 8.78 Å². The van der Waals surface area contributed by atoms with Gasteiger partial charge in [0.2, 0.25) is 0 Å². The molecule has 0 fully saturated rings. The fourth-order valence-electron chi connectivity index (χ4n) is 4.48. The Hall–Kier alpha value is -4.28. The van der Waals surface area contributed by atoms with Gasteiger partial charge in [-0.15, -0.1) is 0 Å². The van der Waals surface area contributed by atoms with Crippen LogP contribution in [0.25, 0.3) is 33.2 Å². The van der Waals surface area contributed by atoms with E-state index in [0.29, 0.717) is 33.2 Å². The molecule has 2 aromatic heterocycles. The summed E-state index contributed by atoms with van der Waals surface area (Å²) >= 11 is 13.5. The zero-order valence-electron chi connectivity index (χ0n) is 25.4. The first-order valence-electron chi connectivity index (χ1n) is 13.9. The number of amidine groups is 2. The van der Waals surface area contributed by atoms with E-state index >= 15 is 0 Å². The van der Waals surface area contributed by atoms with Crippen LogP contribution < -0.4 is 22.6 Å². The summed E-state index contributed by atoms with van der Waals surface area (Å²) in [7, 11) is 0. The summed E-state index contributed by atoms with van der Waals surface area (Å²) in [6.07, 6.45) is 2.56. The van der Waals surface area contributed by atoms with Crippen LogP contribution in [-0.4, -0.2) is 41.9 Å². The molecule has 12 nitrogen and oxygen atoms in total. The first-order valence-corrected chi connectivity index (χ1v) is 16.9. The topological polar surface area (TPSA) is 171 Å². The van der Waals surface area contributed by atoms with Crippen LogP contribution in [0.1, 0.15) is 11.6 Å². The summed E-state index contributed by atoms with van der Waals surface area (Å²) in [6, 6.07) is 21.7. The molecule has 0 spiro atoms. The van der Waals surface area contributed by atoms with Crippen molar-refractivity contribution in [3.8, 4) is 11.4 Å². The van der Waals surface area contributed by atoms with Crippen LogP contribution >= 0.6 is 45.2 Å². The Kier molecular flexibility index (Phi) is 13.8. The van der Waals surface area contributed by atoms with E-state index in [1.807, 2.05) is 12.1 Å². The van der Waals surface area contributed by atoms with E-state index in [0.717, 1.165) is 7.14 Å². The molecule has 19 heteroatoms. The van der Waals surface area contributed by atoms with Crippen molar-refractivity contribution in [3.05, 3.63) is 136 Å². The van der Waals surface area contributed by atoms with Crippen molar-refractivity contribution in [2.24, 2.45) is 31.9 Å². The van der Waals surface area contributed by atoms with Crippen molar-refractivity contribution in [1.82, 2.24) is 19.1 Å². The van der Waals surface area contributed by atoms with E-state index in [9.17, 15) is 18.4 Å². The fraction of sp³-hybridized carbons (Fsp3) is 0. The number of hydrogen-bond acceptors (Lipinski definition) is 10. The number of benzene rings is 4. The molecular formula is C32H20CuF2I2N10O2S2. The molecule has 4 N–H and O–H groups in total. The van der Waals surface area contributed by atoms with E-state index in [1.54, 1.807) is 24.3 Å². The summed E-state index contributed by atoms with van der Waals surface area (Å²) < 4.78 is 30.9. The van der Waals surface area contributed by atoms with E-state index in [-0.39, 0.29) is 50.2 Å². The van der Waals surface area contributed by atoms with E-state index in [4.69, 9.17) is 11.5 Å². The van der Waals surface area contributed by atoms with Gasteiger partial charge in [0.15, 0.2) is 11.6 Å². The monoisotopic (exact) mass is 995 g/mol. The Bertz CT molecular complexity index is 2300. The van der Waals surface area contributed by atoms with Crippen molar-refractivity contribution in [2.45, 2.75) is 0 Å². The Labute approximate surface area is 336 Å². The Morgan fingerprint density at radius 2 is 1.00 bits per heavy atom. The third-order valence-electron chi connectivity index (χ3n) is 6.54. The smallest absolute Gasteiger partial charge is 0.741 e. The average Bonchev–Trinajstić information content (AvgIpc) is 3.07. The standard InChI is InChI=1S/2C16H11FIN5OS.Cu/c2*17-9-1-4-11(5-2-9)23-14(8-20-22-16(19)25)21-13-6-3-10(18)7-12(13)15(23)24;/h2*1-8H,(H3,19,22,25);/q;;+2/p-2/b2*20-8+;. The Morgan fingerprint density at radius 1 is 0.647 bits per heavy atom. The van der Waals surface area contributed by atoms with E-state index in [1.165, 1.54) is 70.1 Å². The quantitative estimate of drug-likeness (QED) is 0.0607. The molecule has 51 heavy (non-hydrogen) atoms. The number of nitrogens with two attached hydrogens (primary N) is 2. The van der Waals surface area contributed by atoms with Crippen molar-refractivity contribution < 1.29 is 25.8 Å². The van der Waals surface area contributed by atoms with Crippen molar-refractivity contribution in [1.29, 1.82) is 0 Å². The van der Waals surface area contributed by atoms with Gasteiger partial charge in [-0.1, -0.05) is 0 Å². The van der Waals surface area contributed by atoms with Crippen molar-refractivity contribution >= 4 is 115 Å². The summed E-state index contributed by atoms with van der Waals surface area (Å²) in [5, 5.41) is 15.2. The second-order valence-corrected chi connectivity index (χ2v) is 13.2. The molecule has 0 atom stereocenters. The predicted molar refractivity (Wildman–Crippen MR) is 213 cm³/mol. The van der Waals surface area contributed by atoms with Crippen LogP contribution in [-0.2, 0) is 42.3 Å². The van der Waals surface area contributed by atoms with E-state index in [2.05, 4.69) is 101 Å². The Balaban J connectivity index is 0.000000224. The molecule has 0 unspecified atom stereocenters. The zero-order chi connectivity index (χ0) is 35.9. The van der Waals surface area contributed by atoms with Crippen LogP contribution in [0.5, 0.6) is 0 Å². The van der Waals surface area contributed by atoms with Crippen LogP contribution in [0.2, 0.25) is 0 Å². The minimum atomic E-state index is -0.404. The second kappa shape index (κ2) is 17.8. The molecule has 0 saturated heterocycles. The molecule has 1 radical (unpaired) electrons. The van der Waals surface area contributed by atoms with Gasteiger partial charge in [-0.2, -0.15) is 20.4 Å². The van der Waals surface area contributed by atoms with Gasteiger partial charge in [0.1, 0.15) is 11.6 Å². The van der Waals surface area contributed by atoms with E-state index < -0.39 is 11.6 Å². The normalized spacial score (nSPS) is 11.9. The fourth-order valence-corrected chi connectivity index (χ4v) is 5.55. The molecule has 4 aromatic carbocycles. The number of halogens is 4. The Morgan fingerprint density at radius 3 is 1.33 bits per heavy atom. The maximum Gasteiger partial charge on any atom is 2.00 e. The number of aromatic nitrogens is 4. The molecule has 0 amide bonds. The van der Waals surface area contributed by atoms with Gasteiger partial charge in [0, 0.05) is 7.14 Å². The molecule has 6 rings (SSSR count). The first-order chi connectivity index (χ1) is 23.9. The number of rotatable bonds is 6. The molecule has 6 aromatic rings. The molecule has 261 valence electrons. The third kappa shape index (κ3) is 9.95. The average molecular weight is 996 g/mol. The molecule has 2 heterocycles. The summed E-state index contributed by atoms with van der Waals surface area (Å²) in [6.45, 7) is 0. The maximum atomic E-state index is 13.2. The maximum absolute atomic E-state index is 13.2. The van der Waals surface area contributed by atoms with Crippen LogP contribution in [0.3, 0.4) is 0 Å².